The molecule has 1 aliphatic heterocycles. The predicted molar refractivity (Wildman–Crippen MR) is 91.9 cm³/mol. The summed E-state index contributed by atoms with van der Waals surface area (Å²) >= 11 is 0. The van der Waals surface area contributed by atoms with E-state index < -0.39 is 10.0 Å². The van der Waals surface area contributed by atoms with Gasteiger partial charge in [-0.3, -0.25) is 4.79 Å². The fourth-order valence-corrected chi connectivity index (χ4v) is 4.03. The summed E-state index contributed by atoms with van der Waals surface area (Å²) in [5.74, 6) is -0.630. The molecule has 0 radical (unpaired) electrons. The topological polar surface area (TPSA) is 78.5 Å². The van der Waals surface area contributed by atoms with Gasteiger partial charge in [-0.05, 0) is 35.9 Å². The molecule has 0 atom stereocenters. The lowest BCUT2D eigenvalue weighted by atomic mass is 10.2. The molecule has 3 rings (SSSR count). The maximum absolute atomic E-state index is 13.2. The van der Waals surface area contributed by atoms with Crippen LogP contribution in [0.25, 0.3) is 0 Å². The predicted octanol–water partition coefficient (Wildman–Crippen LogP) is 1.56. The second-order valence-corrected chi connectivity index (χ2v) is 7.64. The van der Waals surface area contributed by atoms with Crippen molar-refractivity contribution >= 4 is 21.6 Å². The van der Waals surface area contributed by atoms with E-state index in [1.54, 1.807) is 24.3 Å². The first-order valence-corrected chi connectivity index (χ1v) is 9.24. The van der Waals surface area contributed by atoms with Crippen LogP contribution in [-0.4, -0.2) is 38.3 Å². The molecule has 1 aliphatic rings. The maximum atomic E-state index is 13.2. The summed E-state index contributed by atoms with van der Waals surface area (Å²) in [6, 6.07) is 12.6. The third-order valence-electron chi connectivity index (χ3n) is 3.86. The smallest absolute Gasteiger partial charge is 0.243 e. The largest absolute Gasteiger partial charge is 0.381 e. The van der Waals surface area contributed by atoms with Gasteiger partial charge in [0.2, 0.25) is 15.9 Å². The highest BCUT2D eigenvalue weighted by Crippen LogP contribution is 2.20. The van der Waals surface area contributed by atoms with Crippen molar-refractivity contribution in [3.63, 3.8) is 0 Å². The van der Waals surface area contributed by atoms with Gasteiger partial charge in [-0.1, -0.05) is 18.2 Å². The molecule has 8 heteroatoms. The molecule has 2 aromatic carbocycles. The Hall–Kier alpha value is -2.45. The number of rotatable bonds is 5. The Morgan fingerprint density at radius 1 is 1.16 bits per heavy atom. The number of nitrogens with one attached hydrogen (secondary N) is 2. The molecular formula is C17H18FN3O3S. The molecule has 25 heavy (non-hydrogen) atoms. The summed E-state index contributed by atoms with van der Waals surface area (Å²) in [4.78, 5) is 11.6. The second-order valence-electron chi connectivity index (χ2n) is 5.70. The Labute approximate surface area is 145 Å². The van der Waals surface area contributed by atoms with Crippen LogP contribution in [0.5, 0.6) is 0 Å². The van der Waals surface area contributed by atoms with E-state index in [0.717, 1.165) is 9.87 Å². The molecule has 1 amide bonds. The molecule has 0 spiro atoms. The van der Waals surface area contributed by atoms with Gasteiger partial charge >= 0.3 is 0 Å². The Morgan fingerprint density at radius 2 is 1.96 bits per heavy atom. The Morgan fingerprint density at radius 3 is 2.72 bits per heavy atom. The fourth-order valence-electron chi connectivity index (χ4n) is 2.59. The quantitative estimate of drug-likeness (QED) is 0.845. The highest BCUT2D eigenvalue weighted by atomic mass is 32.2. The lowest BCUT2D eigenvalue weighted by Crippen LogP contribution is -2.49. The average Bonchev–Trinajstić information content (AvgIpc) is 2.60. The lowest BCUT2D eigenvalue weighted by Gasteiger charge is -2.26. The Bertz CT molecular complexity index is 886. The minimum Gasteiger partial charge on any atom is -0.381 e. The lowest BCUT2D eigenvalue weighted by molar-refractivity contribution is -0.122. The molecule has 0 saturated carbocycles. The highest BCUT2D eigenvalue weighted by molar-refractivity contribution is 7.89. The van der Waals surface area contributed by atoms with Crippen LogP contribution in [0, 0.1) is 5.82 Å². The van der Waals surface area contributed by atoms with Crippen molar-refractivity contribution in [3.05, 3.63) is 59.9 Å². The molecule has 0 aromatic heterocycles. The highest BCUT2D eigenvalue weighted by Gasteiger charge is 2.29. The number of carbonyl (C=O) groups is 1. The molecule has 2 N–H and O–H groups in total. The zero-order valence-electron chi connectivity index (χ0n) is 13.4. The van der Waals surface area contributed by atoms with Crippen LogP contribution < -0.4 is 10.6 Å². The summed E-state index contributed by atoms with van der Waals surface area (Å²) < 4.78 is 39.7. The number of sulfonamides is 1. The normalized spacial score (nSPS) is 15.6. The summed E-state index contributed by atoms with van der Waals surface area (Å²) in [7, 11) is -3.73. The zero-order chi connectivity index (χ0) is 17.9. The minimum atomic E-state index is -3.73. The van der Waals surface area contributed by atoms with Gasteiger partial charge < -0.3 is 10.6 Å². The number of hydrogen-bond donors (Lipinski definition) is 2. The van der Waals surface area contributed by atoms with Crippen LogP contribution >= 0.6 is 0 Å². The average molecular weight is 363 g/mol. The molecular weight excluding hydrogens is 345 g/mol. The zero-order valence-corrected chi connectivity index (χ0v) is 14.2. The van der Waals surface area contributed by atoms with E-state index in [1.165, 1.54) is 24.3 Å². The van der Waals surface area contributed by atoms with Crippen LogP contribution in [0.15, 0.2) is 53.4 Å². The molecule has 1 heterocycles. The molecule has 0 unspecified atom stereocenters. The van der Waals surface area contributed by atoms with Crippen molar-refractivity contribution in [3.8, 4) is 0 Å². The minimum absolute atomic E-state index is 0.117. The Kier molecular flexibility index (Phi) is 5.00. The van der Waals surface area contributed by atoms with Gasteiger partial charge in [0.05, 0.1) is 11.4 Å². The van der Waals surface area contributed by atoms with Gasteiger partial charge in [0.1, 0.15) is 5.82 Å². The van der Waals surface area contributed by atoms with Crippen LogP contribution in [0.3, 0.4) is 0 Å². The molecule has 2 aromatic rings. The first-order chi connectivity index (χ1) is 11.9. The van der Waals surface area contributed by atoms with E-state index in [-0.39, 0.29) is 29.7 Å². The van der Waals surface area contributed by atoms with Gasteiger partial charge in [0.15, 0.2) is 0 Å². The SMILES string of the molecule is O=C1CN(S(=O)(=O)c2cccc(NCc3cccc(F)c3)c2)CCN1. The van der Waals surface area contributed by atoms with Crippen molar-refractivity contribution in [2.45, 2.75) is 11.4 Å². The van der Waals surface area contributed by atoms with Gasteiger partial charge in [-0.2, -0.15) is 4.31 Å². The van der Waals surface area contributed by atoms with E-state index in [4.69, 9.17) is 0 Å². The van der Waals surface area contributed by atoms with E-state index in [1.807, 2.05) is 0 Å². The van der Waals surface area contributed by atoms with Gasteiger partial charge in [-0.25, -0.2) is 12.8 Å². The number of halogens is 1. The monoisotopic (exact) mass is 363 g/mol. The van der Waals surface area contributed by atoms with Crippen molar-refractivity contribution in [2.75, 3.05) is 25.0 Å². The Balaban J connectivity index is 1.75. The standard InChI is InChI=1S/C17H18FN3O3S/c18-14-4-1-3-13(9-14)11-20-15-5-2-6-16(10-15)25(23,24)21-8-7-19-17(22)12-21/h1-6,9-10,20H,7-8,11-12H2,(H,19,22). The summed E-state index contributed by atoms with van der Waals surface area (Å²) in [5, 5.41) is 5.69. The van der Waals surface area contributed by atoms with Crippen molar-refractivity contribution < 1.29 is 17.6 Å². The molecule has 1 fully saturated rings. The molecule has 0 aliphatic carbocycles. The van der Waals surface area contributed by atoms with Crippen LogP contribution in [0.2, 0.25) is 0 Å². The van der Waals surface area contributed by atoms with E-state index >= 15 is 0 Å². The van der Waals surface area contributed by atoms with Crippen LogP contribution in [0.1, 0.15) is 5.56 Å². The molecule has 6 nitrogen and oxygen atoms in total. The molecule has 0 bridgehead atoms. The molecule has 1 saturated heterocycles. The third-order valence-corrected chi connectivity index (χ3v) is 5.70. The van der Waals surface area contributed by atoms with Crippen molar-refractivity contribution in [2.24, 2.45) is 0 Å². The first kappa shape index (κ1) is 17.4. The number of hydrogen-bond acceptors (Lipinski definition) is 4. The van der Waals surface area contributed by atoms with E-state index in [9.17, 15) is 17.6 Å². The van der Waals surface area contributed by atoms with Crippen LogP contribution in [0.4, 0.5) is 10.1 Å². The number of piperazine rings is 1. The first-order valence-electron chi connectivity index (χ1n) is 7.80. The number of carbonyl (C=O) groups excluding carboxylic acids is 1. The molecule has 132 valence electrons. The summed E-state index contributed by atoms with van der Waals surface area (Å²) in [6.07, 6.45) is 0. The number of anilines is 1. The van der Waals surface area contributed by atoms with Crippen LogP contribution in [-0.2, 0) is 21.4 Å². The third kappa shape index (κ3) is 4.15. The van der Waals surface area contributed by atoms with E-state index in [2.05, 4.69) is 10.6 Å². The van der Waals surface area contributed by atoms with Crippen molar-refractivity contribution in [1.82, 2.24) is 9.62 Å². The number of amides is 1. The number of benzene rings is 2. The summed E-state index contributed by atoms with van der Waals surface area (Å²) in [5.41, 5.74) is 1.35. The van der Waals surface area contributed by atoms with E-state index in [0.29, 0.717) is 18.8 Å². The van der Waals surface area contributed by atoms with Gasteiger partial charge in [-0.15, -0.1) is 0 Å². The number of nitrogens with zero attached hydrogens (tertiary/aromatic N) is 1. The van der Waals surface area contributed by atoms with Gasteiger partial charge in [0.25, 0.3) is 0 Å². The fraction of sp³-hybridized carbons (Fsp3) is 0.235. The van der Waals surface area contributed by atoms with Crippen molar-refractivity contribution in [1.29, 1.82) is 0 Å². The summed E-state index contributed by atoms with van der Waals surface area (Å²) in [6.45, 7) is 0.737. The van der Waals surface area contributed by atoms with Gasteiger partial charge in [0, 0.05) is 25.3 Å². The second kappa shape index (κ2) is 7.20. The maximum Gasteiger partial charge on any atom is 0.243 e.